The van der Waals surface area contributed by atoms with Gasteiger partial charge >= 0.3 is 0 Å². The maximum atomic E-state index is 14.1. The van der Waals surface area contributed by atoms with Gasteiger partial charge in [-0.25, -0.2) is 8.78 Å². The van der Waals surface area contributed by atoms with Gasteiger partial charge in [0.05, 0.1) is 11.3 Å². The second-order valence-corrected chi connectivity index (χ2v) is 4.70. The maximum absolute atomic E-state index is 14.1. The molecule has 1 aliphatic rings. The number of nitrogens with one attached hydrogen (secondary N) is 1. The molecule has 1 heterocycles. The smallest absolute Gasteiger partial charge is 0.256 e. The number of hydrogen-bond donors (Lipinski definition) is 1. The Bertz CT molecular complexity index is 485. The monoisotopic (exact) mass is 269 g/mol. The third-order valence-electron chi connectivity index (χ3n) is 3.16. The summed E-state index contributed by atoms with van der Waals surface area (Å²) in [7, 11) is 3.01. The minimum atomic E-state index is -1.07. The minimum absolute atomic E-state index is 0.217. The largest absolute Gasteiger partial charge is 0.367 e. The Balaban J connectivity index is 2.34. The average molecular weight is 269 g/mol. The van der Waals surface area contributed by atoms with Gasteiger partial charge in [0.2, 0.25) is 0 Å². The van der Waals surface area contributed by atoms with Crippen LogP contribution in [-0.2, 0) is 0 Å². The van der Waals surface area contributed by atoms with Crippen LogP contribution in [0.3, 0.4) is 0 Å². The van der Waals surface area contributed by atoms with Gasteiger partial charge in [-0.05, 0) is 12.1 Å². The summed E-state index contributed by atoms with van der Waals surface area (Å²) < 4.78 is 28.0. The SMILES string of the molecule is CN(C)C(=O)c1ccc(N2CCNCC2)c(F)c1F. The molecule has 0 bridgehead atoms. The van der Waals surface area contributed by atoms with Crippen LogP contribution in [0.1, 0.15) is 10.4 Å². The summed E-state index contributed by atoms with van der Waals surface area (Å²) in [5.74, 6) is -2.56. The topological polar surface area (TPSA) is 35.6 Å². The molecule has 0 spiro atoms. The number of rotatable bonds is 2. The third kappa shape index (κ3) is 2.68. The van der Waals surface area contributed by atoms with Gasteiger partial charge in [-0.1, -0.05) is 0 Å². The van der Waals surface area contributed by atoms with Crippen molar-refractivity contribution in [3.05, 3.63) is 29.3 Å². The van der Waals surface area contributed by atoms with Crippen molar-refractivity contribution in [3.8, 4) is 0 Å². The molecule has 0 unspecified atom stereocenters. The Morgan fingerprint density at radius 1 is 1.21 bits per heavy atom. The summed E-state index contributed by atoms with van der Waals surface area (Å²) in [6.45, 7) is 2.72. The van der Waals surface area contributed by atoms with Crippen LogP contribution in [0.4, 0.5) is 14.5 Å². The molecule has 0 aromatic heterocycles. The van der Waals surface area contributed by atoms with Gasteiger partial charge in [-0.2, -0.15) is 0 Å². The van der Waals surface area contributed by atoms with E-state index in [0.717, 1.165) is 13.1 Å². The number of hydrogen-bond acceptors (Lipinski definition) is 3. The van der Waals surface area contributed by atoms with E-state index in [1.807, 2.05) is 0 Å². The molecule has 104 valence electrons. The van der Waals surface area contributed by atoms with Crippen LogP contribution in [0.25, 0.3) is 0 Å². The van der Waals surface area contributed by atoms with Crippen LogP contribution >= 0.6 is 0 Å². The van der Waals surface area contributed by atoms with Crippen molar-refractivity contribution in [1.29, 1.82) is 0 Å². The highest BCUT2D eigenvalue weighted by Crippen LogP contribution is 2.25. The molecule has 1 aromatic carbocycles. The van der Waals surface area contributed by atoms with Gasteiger partial charge in [0.25, 0.3) is 5.91 Å². The van der Waals surface area contributed by atoms with E-state index in [1.54, 1.807) is 4.90 Å². The van der Waals surface area contributed by atoms with Crippen LogP contribution in [0, 0.1) is 11.6 Å². The lowest BCUT2D eigenvalue weighted by atomic mass is 10.1. The van der Waals surface area contributed by atoms with Gasteiger partial charge < -0.3 is 15.1 Å². The number of piperazine rings is 1. The number of carbonyl (C=O) groups excluding carboxylic acids is 1. The molecule has 1 amide bonds. The Hall–Kier alpha value is -1.69. The summed E-state index contributed by atoms with van der Waals surface area (Å²) in [4.78, 5) is 14.7. The molecular weight excluding hydrogens is 252 g/mol. The van der Waals surface area contributed by atoms with Crippen molar-refractivity contribution in [2.24, 2.45) is 0 Å². The average Bonchev–Trinajstić information content (AvgIpc) is 2.42. The van der Waals surface area contributed by atoms with E-state index in [9.17, 15) is 13.6 Å². The predicted molar refractivity (Wildman–Crippen MR) is 69.5 cm³/mol. The summed E-state index contributed by atoms with van der Waals surface area (Å²) in [6.07, 6.45) is 0. The number of anilines is 1. The van der Waals surface area contributed by atoms with Crippen LogP contribution in [0.2, 0.25) is 0 Å². The Kier molecular flexibility index (Phi) is 3.99. The zero-order valence-electron chi connectivity index (χ0n) is 11.0. The molecule has 1 aliphatic heterocycles. The molecule has 4 nitrogen and oxygen atoms in total. The van der Waals surface area contributed by atoms with Gasteiger partial charge in [-0.3, -0.25) is 4.79 Å². The van der Waals surface area contributed by atoms with E-state index in [0.29, 0.717) is 13.1 Å². The normalized spacial score (nSPS) is 15.5. The molecule has 1 saturated heterocycles. The molecular formula is C13H17F2N3O. The third-order valence-corrected chi connectivity index (χ3v) is 3.16. The Labute approximate surface area is 111 Å². The highest BCUT2D eigenvalue weighted by Gasteiger charge is 2.23. The summed E-state index contributed by atoms with van der Waals surface area (Å²) in [5, 5.41) is 3.14. The van der Waals surface area contributed by atoms with Crippen molar-refractivity contribution in [2.45, 2.75) is 0 Å². The highest BCUT2D eigenvalue weighted by atomic mass is 19.2. The minimum Gasteiger partial charge on any atom is -0.367 e. The van der Waals surface area contributed by atoms with Crippen molar-refractivity contribution in [1.82, 2.24) is 10.2 Å². The van der Waals surface area contributed by atoms with E-state index >= 15 is 0 Å². The maximum Gasteiger partial charge on any atom is 0.256 e. The molecule has 0 aliphatic carbocycles. The molecule has 1 aromatic rings. The first kappa shape index (κ1) is 13.7. The fraction of sp³-hybridized carbons (Fsp3) is 0.462. The highest BCUT2D eigenvalue weighted by molar-refractivity contribution is 5.94. The lowest BCUT2D eigenvalue weighted by Gasteiger charge is -2.30. The molecule has 6 heteroatoms. The number of benzene rings is 1. The second kappa shape index (κ2) is 5.52. The van der Waals surface area contributed by atoms with E-state index in [2.05, 4.69) is 5.32 Å². The first-order valence-electron chi connectivity index (χ1n) is 6.17. The number of carbonyl (C=O) groups is 1. The fourth-order valence-corrected chi connectivity index (χ4v) is 2.10. The molecule has 0 atom stereocenters. The first-order valence-corrected chi connectivity index (χ1v) is 6.17. The van der Waals surface area contributed by atoms with Gasteiger partial charge in [0.1, 0.15) is 0 Å². The summed E-state index contributed by atoms with van der Waals surface area (Å²) in [5.41, 5.74) is -0.0179. The lowest BCUT2D eigenvalue weighted by molar-refractivity contribution is 0.0822. The van der Waals surface area contributed by atoms with E-state index < -0.39 is 17.5 Å². The molecule has 19 heavy (non-hydrogen) atoms. The first-order chi connectivity index (χ1) is 9.02. The molecule has 0 saturated carbocycles. The fourth-order valence-electron chi connectivity index (χ4n) is 2.10. The standard InChI is InChI=1S/C13H17F2N3O/c1-17(2)13(19)9-3-4-10(12(15)11(9)14)18-7-5-16-6-8-18/h3-4,16H,5-8H2,1-2H3. The van der Waals surface area contributed by atoms with Crippen LogP contribution in [0.15, 0.2) is 12.1 Å². The molecule has 1 fully saturated rings. The molecule has 1 N–H and O–H groups in total. The van der Waals surface area contributed by atoms with Crippen molar-refractivity contribution in [3.63, 3.8) is 0 Å². The van der Waals surface area contributed by atoms with E-state index in [-0.39, 0.29) is 11.3 Å². The van der Waals surface area contributed by atoms with Crippen molar-refractivity contribution >= 4 is 11.6 Å². The summed E-state index contributed by atoms with van der Waals surface area (Å²) >= 11 is 0. The second-order valence-electron chi connectivity index (χ2n) is 4.70. The summed E-state index contributed by atoms with van der Waals surface area (Å²) in [6, 6.07) is 2.82. The van der Waals surface area contributed by atoms with Crippen LogP contribution in [0.5, 0.6) is 0 Å². The van der Waals surface area contributed by atoms with Crippen LogP contribution in [-0.4, -0.2) is 51.1 Å². The zero-order valence-corrected chi connectivity index (χ0v) is 11.0. The van der Waals surface area contributed by atoms with Gasteiger partial charge in [0.15, 0.2) is 11.6 Å². The zero-order chi connectivity index (χ0) is 14.0. The quantitative estimate of drug-likeness (QED) is 0.872. The number of amides is 1. The van der Waals surface area contributed by atoms with Gasteiger partial charge in [0, 0.05) is 40.3 Å². The molecule has 2 rings (SSSR count). The van der Waals surface area contributed by atoms with E-state index in [4.69, 9.17) is 0 Å². The van der Waals surface area contributed by atoms with Crippen molar-refractivity contribution < 1.29 is 13.6 Å². The van der Waals surface area contributed by atoms with Crippen molar-refractivity contribution in [2.75, 3.05) is 45.2 Å². The number of halogens is 2. The Morgan fingerprint density at radius 2 is 1.84 bits per heavy atom. The number of nitrogens with zero attached hydrogens (tertiary/aromatic N) is 2. The van der Waals surface area contributed by atoms with Crippen LogP contribution < -0.4 is 10.2 Å². The van der Waals surface area contributed by atoms with Gasteiger partial charge in [-0.15, -0.1) is 0 Å². The predicted octanol–water partition coefficient (Wildman–Crippen LogP) is 1.08. The lowest BCUT2D eigenvalue weighted by Crippen LogP contribution is -2.44. The molecule has 0 radical (unpaired) electrons. The Morgan fingerprint density at radius 3 is 2.42 bits per heavy atom. The van der Waals surface area contributed by atoms with E-state index in [1.165, 1.54) is 31.1 Å².